The van der Waals surface area contributed by atoms with Crippen LogP contribution in [0.15, 0.2) is 54.6 Å². The smallest absolute Gasteiger partial charge is 0.108 e. The Labute approximate surface area is 149 Å². The van der Waals surface area contributed by atoms with Crippen molar-refractivity contribution >= 4 is 11.6 Å². The van der Waals surface area contributed by atoms with Gasteiger partial charge in [-0.15, -0.1) is 0 Å². The molecule has 0 saturated carbocycles. The maximum absolute atomic E-state index is 6.66. The van der Waals surface area contributed by atoms with Crippen LogP contribution < -0.4 is 0 Å². The quantitative estimate of drug-likeness (QED) is 0.769. The van der Waals surface area contributed by atoms with E-state index in [2.05, 4.69) is 54.4 Å². The number of benzene rings is 2. The molecule has 0 aliphatic carbocycles. The minimum atomic E-state index is -0.0173. The van der Waals surface area contributed by atoms with Crippen LogP contribution in [0.25, 0.3) is 0 Å². The number of ether oxygens (including phenoxy) is 1. The maximum atomic E-state index is 6.66. The highest BCUT2D eigenvalue weighted by molar-refractivity contribution is 6.30. The second-order valence-electron chi connectivity index (χ2n) is 7.12. The van der Waals surface area contributed by atoms with E-state index < -0.39 is 0 Å². The Bertz CT molecular complexity index is 658. The summed E-state index contributed by atoms with van der Waals surface area (Å²) in [7, 11) is 2.27. The van der Waals surface area contributed by atoms with Crippen molar-refractivity contribution in [2.24, 2.45) is 0 Å². The van der Waals surface area contributed by atoms with Crippen molar-refractivity contribution in [1.29, 1.82) is 0 Å². The lowest BCUT2D eigenvalue weighted by Gasteiger charge is -2.38. The van der Waals surface area contributed by atoms with Gasteiger partial charge in [0.15, 0.2) is 0 Å². The summed E-state index contributed by atoms with van der Waals surface area (Å²) < 4.78 is 6.66. The van der Waals surface area contributed by atoms with Crippen LogP contribution in [0.3, 0.4) is 0 Å². The Kier molecular flexibility index (Phi) is 4.62. The number of rotatable bonds is 4. The Balaban J connectivity index is 1.58. The summed E-state index contributed by atoms with van der Waals surface area (Å²) in [4.78, 5) is 2.56. The molecule has 0 radical (unpaired) electrons. The number of fused-ring (bicyclic) bond motifs is 2. The van der Waals surface area contributed by atoms with Gasteiger partial charge in [-0.05, 0) is 56.0 Å². The Morgan fingerprint density at radius 3 is 2.12 bits per heavy atom. The summed E-state index contributed by atoms with van der Waals surface area (Å²) in [6.07, 6.45) is 5.24. The average Bonchev–Trinajstić information content (AvgIpc) is 2.83. The summed E-state index contributed by atoms with van der Waals surface area (Å²) in [5.41, 5.74) is 2.39. The van der Waals surface area contributed by atoms with E-state index in [-0.39, 0.29) is 6.10 Å². The van der Waals surface area contributed by atoms with Gasteiger partial charge in [0.2, 0.25) is 0 Å². The topological polar surface area (TPSA) is 12.5 Å². The van der Waals surface area contributed by atoms with Crippen LogP contribution in [0.2, 0.25) is 5.02 Å². The van der Waals surface area contributed by atoms with E-state index in [1.807, 2.05) is 12.1 Å². The molecule has 0 N–H and O–H groups in total. The fourth-order valence-electron chi connectivity index (χ4n) is 4.28. The van der Waals surface area contributed by atoms with Crippen molar-refractivity contribution in [3.05, 3.63) is 70.7 Å². The molecule has 126 valence electrons. The van der Waals surface area contributed by atoms with Crippen molar-refractivity contribution in [2.75, 3.05) is 7.05 Å². The minimum Gasteiger partial charge on any atom is -0.365 e. The zero-order chi connectivity index (χ0) is 16.5. The third kappa shape index (κ3) is 3.23. The highest BCUT2D eigenvalue weighted by Gasteiger charge is 2.39. The molecular formula is C21H24ClNO. The predicted octanol–water partition coefficient (Wildman–Crippen LogP) is 5.07. The molecule has 2 bridgehead atoms. The second-order valence-corrected chi connectivity index (χ2v) is 7.56. The first-order chi connectivity index (χ1) is 11.7. The molecule has 0 amide bonds. The standard InChI is InChI=1S/C21H24ClNO/c1-23-18-11-12-19(23)14-20(13-18)24-21(15-5-3-2-4-6-15)16-7-9-17(22)10-8-16/h2-10,18-21H,11-14H2,1H3/t18-,19+,20?,21-/m1/s1. The van der Waals surface area contributed by atoms with Crippen LogP contribution in [0, 0.1) is 0 Å². The number of nitrogens with zero attached hydrogens (tertiary/aromatic N) is 1. The molecule has 2 aliphatic rings. The van der Waals surface area contributed by atoms with Gasteiger partial charge in [0, 0.05) is 17.1 Å². The molecule has 2 aliphatic heterocycles. The predicted molar refractivity (Wildman–Crippen MR) is 98.4 cm³/mol. The summed E-state index contributed by atoms with van der Waals surface area (Å²) in [5, 5.41) is 0.767. The number of hydrogen-bond acceptors (Lipinski definition) is 2. The summed E-state index contributed by atoms with van der Waals surface area (Å²) in [6, 6.07) is 20.0. The van der Waals surface area contributed by atoms with Crippen LogP contribution in [0.5, 0.6) is 0 Å². The van der Waals surface area contributed by atoms with E-state index in [1.54, 1.807) is 0 Å². The van der Waals surface area contributed by atoms with Gasteiger partial charge in [-0.25, -0.2) is 0 Å². The van der Waals surface area contributed by atoms with Gasteiger partial charge in [0.25, 0.3) is 0 Å². The van der Waals surface area contributed by atoms with Gasteiger partial charge in [-0.1, -0.05) is 54.1 Å². The molecule has 2 aromatic rings. The maximum Gasteiger partial charge on any atom is 0.108 e. The summed E-state index contributed by atoms with van der Waals surface area (Å²) in [6.45, 7) is 0. The van der Waals surface area contributed by atoms with E-state index in [0.29, 0.717) is 18.2 Å². The van der Waals surface area contributed by atoms with Gasteiger partial charge in [0.1, 0.15) is 6.10 Å². The molecule has 2 nitrogen and oxygen atoms in total. The first-order valence-corrected chi connectivity index (χ1v) is 9.26. The van der Waals surface area contributed by atoms with E-state index >= 15 is 0 Å². The first-order valence-electron chi connectivity index (χ1n) is 8.88. The van der Waals surface area contributed by atoms with Crippen molar-refractivity contribution in [2.45, 2.75) is 50.0 Å². The molecule has 2 fully saturated rings. The molecule has 1 unspecified atom stereocenters. The van der Waals surface area contributed by atoms with Gasteiger partial charge >= 0.3 is 0 Å². The molecule has 3 heteroatoms. The number of hydrogen-bond donors (Lipinski definition) is 0. The third-order valence-corrected chi connectivity index (χ3v) is 5.91. The van der Waals surface area contributed by atoms with Gasteiger partial charge in [-0.2, -0.15) is 0 Å². The van der Waals surface area contributed by atoms with Crippen LogP contribution in [0.4, 0.5) is 0 Å². The fraction of sp³-hybridized carbons (Fsp3) is 0.429. The number of piperidine rings is 1. The lowest BCUT2D eigenvalue weighted by molar-refractivity contribution is -0.0426. The van der Waals surface area contributed by atoms with Crippen molar-refractivity contribution in [1.82, 2.24) is 4.90 Å². The lowest BCUT2D eigenvalue weighted by atomic mass is 9.97. The molecular weight excluding hydrogens is 318 g/mol. The number of halogens is 1. The minimum absolute atomic E-state index is 0.0173. The molecule has 0 aromatic heterocycles. The van der Waals surface area contributed by atoms with Gasteiger partial charge < -0.3 is 9.64 Å². The molecule has 24 heavy (non-hydrogen) atoms. The van der Waals surface area contributed by atoms with E-state index in [0.717, 1.165) is 17.9 Å². The van der Waals surface area contributed by atoms with Crippen molar-refractivity contribution in [3.8, 4) is 0 Å². The Morgan fingerprint density at radius 2 is 1.50 bits per heavy atom. The fourth-order valence-corrected chi connectivity index (χ4v) is 4.41. The highest BCUT2D eigenvalue weighted by atomic mass is 35.5. The van der Waals surface area contributed by atoms with Crippen molar-refractivity contribution in [3.63, 3.8) is 0 Å². The molecule has 2 saturated heterocycles. The van der Waals surface area contributed by atoms with Crippen LogP contribution in [-0.2, 0) is 4.74 Å². The molecule has 0 spiro atoms. The Morgan fingerprint density at radius 1 is 0.917 bits per heavy atom. The van der Waals surface area contributed by atoms with Gasteiger partial charge in [-0.3, -0.25) is 0 Å². The molecule has 4 rings (SSSR count). The SMILES string of the molecule is CN1[C@@H]2CC[C@H]1CC(O[C@H](c1ccccc1)c1ccc(Cl)cc1)C2. The van der Waals surface area contributed by atoms with Crippen LogP contribution in [-0.4, -0.2) is 30.1 Å². The summed E-state index contributed by atoms with van der Waals surface area (Å²) >= 11 is 6.07. The second kappa shape index (κ2) is 6.87. The van der Waals surface area contributed by atoms with Crippen LogP contribution in [0.1, 0.15) is 42.9 Å². The largest absolute Gasteiger partial charge is 0.365 e. The van der Waals surface area contributed by atoms with Crippen molar-refractivity contribution < 1.29 is 4.74 Å². The zero-order valence-electron chi connectivity index (χ0n) is 14.1. The molecule has 4 atom stereocenters. The van der Waals surface area contributed by atoms with E-state index in [4.69, 9.17) is 16.3 Å². The average molecular weight is 342 g/mol. The van der Waals surface area contributed by atoms with E-state index in [9.17, 15) is 0 Å². The van der Waals surface area contributed by atoms with Gasteiger partial charge in [0.05, 0.1) is 6.10 Å². The van der Waals surface area contributed by atoms with Crippen LogP contribution >= 0.6 is 11.6 Å². The molecule has 2 heterocycles. The third-order valence-electron chi connectivity index (χ3n) is 5.66. The normalized spacial score (nSPS) is 28.0. The Hall–Kier alpha value is -1.35. The lowest BCUT2D eigenvalue weighted by Crippen LogP contribution is -2.43. The monoisotopic (exact) mass is 341 g/mol. The summed E-state index contributed by atoms with van der Waals surface area (Å²) in [5.74, 6) is 0. The van der Waals surface area contributed by atoms with E-state index in [1.165, 1.54) is 24.0 Å². The molecule has 2 aromatic carbocycles. The zero-order valence-corrected chi connectivity index (χ0v) is 14.8. The highest BCUT2D eigenvalue weighted by Crippen LogP contribution is 2.38. The first kappa shape index (κ1) is 16.1.